The number of para-hydroxylation sites is 1. The van der Waals surface area contributed by atoms with Gasteiger partial charge < -0.3 is 5.32 Å². The lowest BCUT2D eigenvalue weighted by Crippen LogP contribution is -2.32. The Kier molecular flexibility index (Phi) is 3.88. The maximum Gasteiger partial charge on any atom is 0.255 e. The number of rotatable bonds is 3. The molecule has 5 rings (SSSR count). The second-order valence-corrected chi connectivity index (χ2v) is 7.90. The predicted octanol–water partition coefficient (Wildman–Crippen LogP) is 3.90. The molecule has 2 fully saturated rings. The Morgan fingerprint density at radius 1 is 0.929 bits per heavy atom. The van der Waals surface area contributed by atoms with Gasteiger partial charge in [-0.25, -0.2) is 0 Å². The normalized spacial score (nSPS) is 27.4. The molecular weight excluding hydrogens is 376 g/mol. The van der Waals surface area contributed by atoms with E-state index in [1.165, 1.54) is 4.90 Å². The number of nitrogens with one attached hydrogen (secondary N) is 1. The number of carbonyl (C=O) groups excluding carboxylic acids is 3. The van der Waals surface area contributed by atoms with Crippen molar-refractivity contribution in [2.45, 2.75) is 6.42 Å². The highest BCUT2D eigenvalue weighted by molar-refractivity contribution is 6.33. The average molecular weight is 393 g/mol. The number of allylic oxidation sites excluding steroid dienone is 2. The lowest BCUT2D eigenvalue weighted by molar-refractivity contribution is -0.123. The molecule has 1 N–H and O–H groups in total. The van der Waals surface area contributed by atoms with E-state index in [2.05, 4.69) is 17.5 Å². The van der Waals surface area contributed by atoms with Crippen LogP contribution in [0.2, 0.25) is 5.02 Å². The van der Waals surface area contributed by atoms with Gasteiger partial charge in [-0.15, -0.1) is 0 Å². The molecular formula is C22H17ClN2O3. The molecule has 3 amide bonds. The van der Waals surface area contributed by atoms with Crippen LogP contribution in [0.25, 0.3) is 0 Å². The van der Waals surface area contributed by atoms with Crippen molar-refractivity contribution in [2.24, 2.45) is 23.7 Å². The SMILES string of the molecule is O=C(Nc1ccccc1Cl)c1ccc(N2C(=O)[C@@H]3[C@@H](C2=O)[C@H]2C=C[C@@H]3C2)cc1. The largest absolute Gasteiger partial charge is 0.321 e. The zero-order chi connectivity index (χ0) is 19.4. The molecule has 1 saturated carbocycles. The molecule has 0 unspecified atom stereocenters. The molecule has 0 radical (unpaired) electrons. The van der Waals surface area contributed by atoms with Crippen molar-refractivity contribution in [3.63, 3.8) is 0 Å². The van der Waals surface area contributed by atoms with Gasteiger partial charge in [-0.05, 0) is 54.7 Å². The van der Waals surface area contributed by atoms with E-state index >= 15 is 0 Å². The summed E-state index contributed by atoms with van der Waals surface area (Å²) in [5.41, 5.74) is 1.46. The third kappa shape index (κ3) is 2.50. The first kappa shape index (κ1) is 17.2. The molecule has 6 heteroatoms. The molecule has 2 aliphatic carbocycles. The Morgan fingerprint density at radius 2 is 1.54 bits per heavy atom. The zero-order valence-electron chi connectivity index (χ0n) is 14.8. The van der Waals surface area contributed by atoms with E-state index in [9.17, 15) is 14.4 Å². The number of nitrogens with zero attached hydrogens (tertiary/aromatic N) is 1. The number of anilines is 2. The zero-order valence-corrected chi connectivity index (χ0v) is 15.6. The minimum Gasteiger partial charge on any atom is -0.321 e. The maximum absolute atomic E-state index is 12.9. The summed E-state index contributed by atoms with van der Waals surface area (Å²) in [5.74, 6) is -0.663. The fraction of sp³-hybridized carbons (Fsp3) is 0.227. The van der Waals surface area contributed by atoms with Gasteiger partial charge in [-0.3, -0.25) is 19.3 Å². The van der Waals surface area contributed by atoms with Gasteiger partial charge in [0.05, 0.1) is 28.2 Å². The van der Waals surface area contributed by atoms with Gasteiger partial charge in [-0.2, -0.15) is 0 Å². The van der Waals surface area contributed by atoms with Crippen molar-refractivity contribution < 1.29 is 14.4 Å². The maximum atomic E-state index is 12.9. The number of benzene rings is 2. The number of halogens is 1. The quantitative estimate of drug-likeness (QED) is 0.636. The van der Waals surface area contributed by atoms with E-state index in [4.69, 9.17) is 11.6 Å². The van der Waals surface area contributed by atoms with Gasteiger partial charge in [0.15, 0.2) is 0 Å². The number of carbonyl (C=O) groups is 3. The molecule has 0 spiro atoms. The molecule has 1 aliphatic heterocycles. The van der Waals surface area contributed by atoms with Gasteiger partial charge in [0, 0.05) is 5.56 Å². The Morgan fingerprint density at radius 3 is 2.14 bits per heavy atom. The summed E-state index contributed by atoms with van der Waals surface area (Å²) in [5, 5.41) is 3.21. The van der Waals surface area contributed by atoms with E-state index in [0.717, 1.165) is 6.42 Å². The van der Waals surface area contributed by atoms with Gasteiger partial charge in [0.25, 0.3) is 5.91 Å². The summed E-state index contributed by atoms with van der Waals surface area (Å²) >= 11 is 6.07. The molecule has 140 valence electrons. The minimum absolute atomic E-state index is 0.125. The second kappa shape index (κ2) is 6.31. The Hall–Kier alpha value is -2.92. The van der Waals surface area contributed by atoms with Gasteiger partial charge in [0.1, 0.15) is 0 Å². The molecule has 1 saturated heterocycles. The molecule has 0 aromatic heterocycles. The lowest BCUT2D eigenvalue weighted by Gasteiger charge is -2.17. The summed E-state index contributed by atoms with van der Waals surface area (Å²) in [6.07, 6.45) is 5.05. The third-order valence-corrected chi connectivity index (χ3v) is 6.31. The van der Waals surface area contributed by atoms with Crippen LogP contribution in [0, 0.1) is 23.7 Å². The highest BCUT2D eigenvalue weighted by Crippen LogP contribution is 2.53. The van der Waals surface area contributed by atoms with Crippen LogP contribution in [0.1, 0.15) is 16.8 Å². The number of hydrogen-bond donors (Lipinski definition) is 1. The van der Waals surface area contributed by atoms with Crippen molar-refractivity contribution >= 4 is 40.7 Å². The van der Waals surface area contributed by atoms with Gasteiger partial charge >= 0.3 is 0 Å². The molecule has 5 nitrogen and oxygen atoms in total. The van der Waals surface area contributed by atoms with Crippen LogP contribution in [-0.4, -0.2) is 17.7 Å². The highest BCUT2D eigenvalue weighted by Gasteiger charge is 2.59. The molecule has 4 atom stereocenters. The van der Waals surface area contributed by atoms with Crippen LogP contribution in [-0.2, 0) is 9.59 Å². The summed E-state index contributed by atoms with van der Waals surface area (Å²) in [6.45, 7) is 0. The molecule has 1 heterocycles. The first-order valence-corrected chi connectivity index (χ1v) is 9.64. The second-order valence-electron chi connectivity index (χ2n) is 7.49. The third-order valence-electron chi connectivity index (χ3n) is 5.98. The fourth-order valence-electron chi connectivity index (χ4n) is 4.68. The standard InChI is InChI=1S/C22H17ClN2O3/c23-16-3-1-2-4-17(16)24-20(26)12-7-9-15(10-8-12)25-21(27)18-13-5-6-14(11-13)19(18)22(25)28/h1-10,13-14,18-19H,11H2,(H,24,26)/t13-,14+,18-,19-/m0/s1. The van der Waals surface area contributed by atoms with E-state index < -0.39 is 0 Å². The summed E-state index contributed by atoms with van der Waals surface area (Å²) in [7, 11) is 0. The Bertz CT molecular complexity index is 1000. The molecule has 2 bridgehead atoms. The summed E-state index contributed by atoms with van der Waals surface area (Å²) in [4.78, 5) is 39.5. The van der Waals surface area contributed by atoms with E-state index in [0.29, 0.717) is 22.0 Å². The topological polar surface area (TPSA) is 66.5 Å². The lowest BCUT2D eigenvalue weighted by atomic mass is 9.85. The van der Waals surface area contributed by atoms with E-state index in [1.54, 1.807) is 48.5 Å². The van der Waals surface area contributed by atoms with E-state index in [1.807, 2.05) is 0 Å². The van der Waals surface area contributed by atoms with Gasteiger partial charge in [0.2, 0.25) is 11.8 Å². The van der Waals surface area contributed by atoms with E-state index in [-0.39, 0.29) is 41.4 Å². The number of hydrogen-bond acceptors (Lipinski definition) is 3. The van der Waals surface area contributed by atoms with Crippen LogP contribution in [0.5, 0.6) is 0 Å². The fourth-order valence-corrected chi connectivity index (χ4v) is 4.86. The monoisotopic (exact) mass is 392 g/mol. The minimum atomic E-state index is -0.308. The van der Waals surface area contributed by atoms with Crippen LogP contribution in [0.15, 0.2) is 60.7 Å². The Labute approximate surface area is 167 Å². The average Bonchev–Trinajstić information content (AvgIpc) is 3.38. The van der Waals surface area contributed by atoms with Crippen LogP contribution in [0.4, 0.5) is 11.4 Å². The van der Waals surface area contributed by atoms with Crippen molar-refractivity contribution in [3.05, 3.63) is 71.3 Å². The highest BCUT2D eigenvalue weighted by atomic mass is 35.5. The van der Waals surface area contributed by atoms with Crippen LogP contribution < -0.4 is 10.2 Å². The smallest absolute Gasteiger partial charge is 0.255 e. The summed E-state index contributed by atoms with van der Waals surface area (Å²) < 4.78 is 0. The molecule has 2 aromatic rings. The number of fused-ring (bicyclic) bond motifs is 5. The van der Waals surface area contributed by atoms with Crippen molar-refractivity contribution in [1.29, 1.82) is 0 Å². The van der Waals surface area contributed by atoms with Crippen molar-refractivity contribution in [1.82, 2.24) is 0 Å². The summed E-state index contributed by atoms with van der Waals surface area (Å²) in [6, 6.07) is 13.5. The van der Waals surface area contributed by atoms with Crippen LogP contribution >= 0.6 is 11.6 Å². The first-order valence-electron chi connectivity index (χ1n) is 9.26. The predicted molar refractivity (Wildman–Crippen MR) is 106 cm³/mol. The van der Waals surface area contributed by atoms with Gasteiger partial charge in [-0.1, -0.05) is 35.9 Å². The van der Waals surface area contributed by atoms with Crippen LogP contribution in [0.3, 0.4) is 0 Å². The number of imide groups is 1. The Balaban J connectivity index is 1.36. The molecule has 3 aliphatic rings. The molecule has 2 aromatic carbocycles. The molecule has 28 heavy (non-hydrogen) atoms. The van der Waals surface area contributed by atoms with Crippen molar-refractivity contribution in [3.8, 4) is 0 Å². The number of amides is 3. The first-order chi connectivity index (χ1) is 13.5. The van der Waals surface area contributed by atoms with Crippen molar-refractivity contribution in [2.75, 3.05) is 10.2 Å².